The Bertz CT molecular complexity index is 652. The lowest BCUT2D eigenvalue weighted by atomic mass is 10.0. The molecule has 1 aromatic heterocycles. The second-order valence-corrected chi connectivity index (χ2v) is 6.04. The lowest BCUT2D eigenvalue weighted by Gasteiger charge is -2.21. The summed E-state index contributed by atoms with van der Waals surface area (Å²) in [5.74, 6) is 0.894. The van der Waals surface area contributed by atoms with Crippen molar-refractivity contribution in [3.63, 3.8) is 0 Å². The second-order valence-electron chi connectivity index (χ2n) is 5.33. The molecule has 114 valence electrons. The number of methoxy groups -OCH3 is 1. The van der Waals surface area contributed by atoms with E-state index in [2.05, 4.69) is 18.8 Å². The summed E-state index contributed by atoms with van der Waals surface area (Å²) in [5.41, 5.74) is 1.57. The average Bonchev–Trinajstić information content (AvgIpc) is 2.81. The van der Waals surface area contributed by atoms with E-state index in [0.717, 1.165) is 11.0 Å². The van der Waals surface area contributed by atoms with Crippen LogP contribution in [0.15, 0.2) is 18.2 Å². The maximum atomic E-state index is 12.2. The van der Waals surface area contributed by atoms with Gasteiger partial charge in [-0.25, -0.2) is 9.78 Å². The van der Waals surface area contributed by atoms with Crippen molar-refractivity contribution in [1.82, 2.24) is 9.55 Å². The molecule has 1 heterocycles. The molecular weight excluding hydrogens is 311 g/mol. The number of carbonyl (C=O) groups excluding carboxylic acids is 1. The van der Waals surface area contributed by atoms with E-state index >= 15 is 0 Å². The molecule has 4 nitrogen and oxygen atoms in total. The fourth-order valence-corrected chi connectivity index (χ4v) is 2.80. The van der Waals surface area contributed by atoms with Crippen LogP contribution in [0.25, 0.3) is 11.0 Å². The van der Waals surface area contributed by atoms with Crippen molar-refractivity contribution in [2.75, 3.05) is 7.11 Å². The van der Waals surface area contributed by atoms with Gasteiger partial charge in [-0.1, -0.05) is 25.4 Å². The summed E-state index contributed by atoms with van der Waals surface area (Å²) in [6.07, 6.45) is 0.647. The first-order valence-electron chi connectivity index (χ1n) is 6.78. The molecule has 1 unspecified atom stereocenters. The number of hydrogen-bond acceptors (Lipinski definition) is 3. The molecule has 0 bridgehead atoms. The molecule has 1 aromatic carbocycles. The number of esters is 1. The van der Waals surface area contributed by atoms with Crippen molar-refractivity contribution >= 4 is 40.2 Å². The van der Waals surface area contributed by atoms with Crippen LogP contribution in [0.5, 0.6) is 0 Å². The highest BCUT2D eigenvalue weighted by Gasteiger charge is 2.27. The normalized spacial score (nSPS) is 12.9. The molecule has 0 amide bonds. The van der Waals surface area contributed by atoms with E-state index in [-0.39, 0.29) is 11.8 Å². The van der Waals surface area contributed by atoms with Crippen molar-refractivity contribution in [3.05, 3.63) is 29.0 Å². The first-order chi connectivity index (χ1) is 9.97. The van der Waals surface area contributed by atoms with Crippen LogP contribution < -0.4 is 0 Å². The lowest BCUT2D eigenvalue weighted by molar-refractivity contribution is -0.145. The minimum absolute atomic E-state index is 0.220. The van der Waals surface area contributed by atoms with Crippen LogP contribution in [0.1, 0.15) is 32.1 Å². The molecule has 1 atom stereocenters. The zero-order valence-electron chi connectivity index (χ0n) is 12.3. The second kappa shape index (κ2) is 6.67. The van der Waals surface area contributed by atoms with Crippen LogP contribution in [0, 0.1) is 5.92 Å². The minimum atomic E-state index is -0.452. The first kappa shape index (κ1) is 16.1. The van der Waals surface area contributed by atoms with E-state index in [9.17, 15) is 4.79 Å². The van der Waals surface area contributed by atoms with Crippen molar-refractivity contribution in [2.45, 2.75) is 32.2 Å². The summed E-state index contributed by atoms with van der Waals surface area (Å²) in [7, 11) is 1.39. The monoisotopic (exact) mass is 328 g/mol. The maximum Gasteiger partial charge on any atom is 0.328 e. The Morgan fingerprint density at radius 3 is 2.71 bits per heavy atom. The molecule has 0 aliphatic carbocycles. The molecular formula is C15H18Cl2N2O2. The molecule has 0 spiro atoms. The van der Waals surface area contributed by atoms with Gasteiger partial charge in [-0.05, 0) is 30.5 Å². The zero-order chi connectivity index (χ0) is 15.6. The van der Waals surface area contributed by atoms with Crippen LogP contribution in [0.4, 0.5) is 0 Å². The van der Waals surface area contributed by atoms with Gasteiger partial charge in [-0.2, -0.15) is 0 Å². The molecule has 0 aliphatic heterocycles. The Kier molecular flexibility index (Phi) is 5.12. The Hall–Kier alpha value is -1.26. The van der Waals surface area contributed by atoms with Crippen molar-refractivity contribution < 1.29 is 9.53 Å². The fourth-order valence-electron chi connectivity index (χ4n) is 2.45. The molecule has 0 saturated heterocycles. The Balaban J connectivity index is 2.64. The summed E-state index contributed by atoms with van der Waals surface area (Å²) in [6.45, 7) is 4.12. The zero-order valence-corrected chi connectivity index (χ0v) is 13.8. The van der Waals surface area contributed by atoms with Gasteiger partial charge in [0.1, 0.15) is 11.9 Å². The Morgan fingerprint density at radius 2 is 2.14 bits per heavy atom. The first-order valence-corrected chi connectivity index (χ1v) is 7.69. The number of imidazole rings is 1. The molecule has 0 radical (unpaired) electrons. The average molecular weight is 329 g/mol. The molecule has 6 heteroatoms. The number of nitrogens with zero attached hydrogens (tertiary/aromatic N) is 2. The van der Waals surface area contributed by atoms with Gasteiger partial charge in [0.15, 0.2) is 0 Å². The number of halogens is 2. The molecule has 0 fully saturated rings. The highest BCUT2D eigenvalue weighted by atomic mass is 35.5. The Morgan fingerprint density at radius 1 is 1.43 bits per heavy atom. The van der Waals surface area contributed by atoms with Crippen LogP contribution in [0.3, 0.4) is 0 Å². The van der Waals surface area contributed by atoms with E-state index < -0.39 is 6.04 Å². The number of rotatable bonds is 5. The van der Waals surface area contributed by atoms with Crippen molar-refractivity contribution in [3.8, 4) is 0 Å². The van der Waals surface area contributed by atoms with Crippen LogP contribution in [-0.2, 0) is 15.4 Å². The minimum Gasteiger partial charge on any atom is -0.467 e. The fraction of sp³-hybridized carbons (Fsp3) is 0.467. The number of benzene rings is 1. The molecule has 2 rings (SSSR count). The summed E-state index contributed by atoms with van der Waals surface area (Å²) >= 11 is 12.1. The van der Waals surface area contributed by atoms with E-state index in [4.69, 9.17) is 27.9 Å². The summed E-state index contributed by atoms with van der Waals surface area (Å²) in [4.78, 5) is 16.7. The van der Waals surface area contributed by atoms with Crippen LogP contribution >= 0.6 is 23.2 Å². The predicted octanol–water partition coefficient (Wildman–Crippen LogP) is 4.19. The standard InChI is InChI=1S/C15H18Cl2N2O2/c1-9(2)6-13(15(20)21-3)19-12-7-10(17)4-5-11(12)18-14(19)8-16/h4-5,7,9,13H,6,8H2,1-3H3. The number of hydrogen-bond donors (Lipinski definition) is 0. The van der Waals surface area contributed by atoms with Gasteiger partial charge in [0.2, 0.25) is 0 Å². The van der Waals surface area contributed by atoms with Crippen molar-refractivity contribution in [2.24, 2.45) is 5.92 Å². The largest absolute Gasteiger partial charge is 0.467 e. The highest BCUT2D eigenvalue weighted by molar-refractivity contribution is 6.31. The third-order valence-electron chi connectivity index (χ3n) is 3.32. The number of aromatic nitrogens is 2. The maximum absolute atomic E-state index is 12.2. The third-order valence-corrected chi connectivity index (χ3v) is 3.80. The van der Waals surface area contributed by atoms with E-state index in [0.29, 0.717) is 23.2 Å². The number of alkyl halides is 1. The molecule has 0 saturated carbocycles. The number of fused-ring (bicyclic) bond motifs is 1. The van der Waals surface area contributed by atoms with Crippen LogP contribution in [-0.4, -0.2) is 22.6 Å². The quantitative estimate of drug-likeness (QED) is 0.610. The molecule has 2 aromatic rings. The van der Waals surface area contributed by atoms with Gasteiger partial charge in [-0.15, -0.1) is 11.6 Å². The van der Waals surface area contributed by atoms with Gasteiger partial charge < -0.3 is 9.30 Å². The van der Waals surface area contributed by atoms with Gasteiger partial charge in [0.05, 0.1) is 24.0 Å². The predicted molar refractivity (Wildman–Crippen MR) is 84.8 cm³/mol. The van der Waals surface area contributed by atoms with E-state index in [1.54, 1.807) is 12.1 Å². The van der Waals surface area contributed by atoms with Gasteiger partial charge in [0.25, 0.3) is 0 Å². The van der Waals surface area contributed by atoms with Gasteiger partial charge >= 0.3 is 5.97 Å². The Labute approximate surface area is 134 Å². The van der Waals surface area contributed by atoms with Gasteiger partial charge in [-0.3, -0.25) is 0 Å². The van der Waals surface area contributed by atoms with Crippen molar-refractivity contribution in [1.29, 1.82) is 0 Å². The number of carbonyl (C=O) groups is 1. The smallest absolute Gasteiger partial charge is 0.328 e. The molecule has 0 aliphatic rings. The number of ether oxygens (including phenoxy) is 1. The third kappa shape index (κ3) is 3.33. The van der Waals surface area contributed by atoms with Gasteiger partial charge in [0, 0.05) is 5.02 Å². The van der Waals surface area contributed by atoms with E-state index in [1.165, 1.54) is 7.11 Å². The summed E-state index contributed by atoms with van der Waals surface area (Å²) < 4.78 is 6.80. The van der Waals surface area contributed by atoms with E-state index in [1.807, 2.05) is 10.6 Å². The van der Waals surface area contributed by atoms with Crippen LogP contribution in [0.2, 0.25) is 5.02 Å². The highest BCUT2D eigenvalue weighted by Crippen LogP contribution is 2.29. The summed E-state index contributed by atoms with van der Waals surface area (Å²) in [6, 6.07) is 4.95. The molecule has 21 heavy (non-hydrogen) atoms. The SMILES string of the molecule is COC(=O)C(CC(C)C)n1c(CCl)nc2ccc(Cl)cc21. The summed E-state index contributed by atoms with van der Waals surface area (Å²) in [5, 5.41) is 0.595. The molecule has 0 N–H and O–H groups in total. The topological polar surface area (TPSA) is 44.1 Å². The lowest BCUT2D eigenvalue weighted by Crippen LogP contribution is -2.24.